The average molecular weight is 249 g/mol. The Hall–Kier alpha value is -1.46. The van der Waals surface area contributed by atoms with E-state index in [0.29, 0.717) is 0 Å². The molecule has 0 radical (unpaired) electrons. The van der Waals surface area contributed by atoms with Crippen LogP contribution in [0.15, 0.2) is 24.4 Å². The van der Waals surface area contributed by atoms with Gasteiger partial charge in [-0.2, -0.15) is 13.2 Å². The summed E-state index contributed by atoms with van der Waals surface area (Å²) in [6, 6.07) is 0. The quantitative estimate of drug-likeness (QED) is 0.725. The number of carbonyl (C=O) groups excluding carboxylic acids is 1. The summed E-state index contributed by atoms with van der Waals surface area (Å²) in [5, 5.41) is 2.03. The van der Waals surface area contributed by atoms with Crippen LogP contribution in [0.4, 0.5) is 13.2 Å². The molecule has 0 amide bonds. The maximum Gasteiger partial charge on any atom is 0.426 e. The fourth-order valence-corrected chi connectivity index (χ4v) is 1.26. The molecule has 6 heteroatoms. The van der Waals surface area contributed by atoms with Crippen LogP contribution >= 0.6 is 0 Å². The molecule has 96 valence electrons. The van der Waals surface area contributed by atoms with E-state index in [1.54, 1.807) is 0 Å². The summed E-state index contributed by atoms with van der Waals surface area (Å²) in [7, 11) is 0. The van der Waals surface area contributed by atoms with Crippen LogP contribution in [0.1, 0.15) is 20.8 Å². The Balaban J connectivity index is 3.05. The topological polar surface area (TPSA) is 38.3 Å². The van der Waals surface area contributed by atoms with Gasteiger partial charge in [-0.3, -0.25) is 0 Å². The van der Waals surface area contributed by atoms with E-state index in [1.165, 1.54) is 26.8 Å². The fourth-order valence-electron chi connectivity index (χ4n) is 1.26. The predicted molar refractivity (Wildman–Crippen MR) is 56.0 cm³/mol. The first-order valence-electron chi connectivity index (χ1n) is 5.01. The van der Waals surface area contributed by atoms with Crippen LogP contribution in [0.25, 0.3) is 0 Å². The molecule has 3 nitrogen and oxygen atoms in total. The normalized spacial score (nSPS) is 24.4. The van der Waals surface area contributed by atoms with Gasteiger partial charge in [-0.15, -0.1) is 0 Å². The van der Waals surface area contributed by atoms with Gasteiger partial charge in [0.05, 0.1) is 0 Å². The molecule has 1 atom stereocenters. The van der Waals surface area contributed by atoms with E-state index in [9.17, 15) is 18.0 Å². The molecule has 1 aliphatic heterocycles. The van der Waals surface area contributed by atoms with Gasteiger partial charge in [0, 0.05) is 0 Å². The van der Waals surface area contributed by atoms with Crippen LogP contribution < -0.4 is 5.32 Å². The van der Waals surface area contributed by atoms with Crippen LogP contribution in [0.2, 0.25) is 0 Å². The molecule has 17 heavy (non-hydrogen) atoms. The second-order valence-corrected chi connectivity index (χ2v) is 4.67. The van der Waals surface area contributed by atoms with Gasteiger partial charge < -0.3 is 10.1 Å². The number of rotatable bonds is 1. The number of hydrogen-bond donors (Lipinski definition) is 1. The molecule has 0 spiro atoms. The number of nitrogens with one attached hydrogen (secondary N) is 1. The van der Waals surface area contributed by atoms with Crippen molar-refractivity contribution in [2.75, 3.05) is 0 Å². The van der Waals surface area contributed by atoms with E-state index in [2.05, 4.69) is 0 Å². The lowest BCUT2D eigenvalue weighted by molar-refractivity contribution is -0.207. The Kier molecular flexibility index (Phi) is 3.27. The van der Waals surface area contributed by atoms with Crippen molar-refractivity contribution < 1.29 is 22.7 Å². The number of hydrogen-bond acceptors (Lipinski definition) is 3. The van der Waals surface area contributed by atoms with Crippen LogP contribution in [0.3, 0.4) is 0 Å². The summed E-state index contributed by atoms with van der Waals surface area (Å²) in [5.41, 5.74) is -3.78. The molecule has 1 rings (SSSR count). The van der Waals surface area contributed by atoms with Gasteiger partial charge in [0.1, 0.15) is 5.60 Å². The van der Waals surface area contributed by atoms with Gasteiger partial charge in [0.15, 0.2) is 0 Å². The molecule has 1 aliphatic rings. The van der Waals surface area contributed by atoms with Gasteiger partial charge >= 0.3 is 12.1 Å². The minimum absolute atomic E-state index is 0.751. The van der Waals surface area contributed by atoms with Gasteiger partial charge in [0.2, 0.25) is 0 Å². The molecule has 0 aliphatic carbocycles. The van der Waals surface area contributed by atoms with Crippen LogP contribution in [0, 0.1) is 0 Å². The van der Waals surface area contributed by atoms with Gasteiger partial charge in [-0.05, 0) is 39.1 Å². The summed E-state index contributed by atoms with van der Waals surface area (Å²) in [4.78, 5) is 11.7. The Labute approximate surface area is 97.3 Å². The van der Waals surface area contributed by atoms with Crippen molar-refractivity contribution in [2.24, 2.45) is 0 Å². The van der Waals surface area contributed by atoms with E-state index < -0.39 is 23.3 Å². The number of carbonyl (C=O) groups is 1. The lowest BCUT2D eigenvalue weighted by Gasteiger charge is -2.34. The van der Waals surface area contributed by atoms with Crippen molar-refractivity contribution in [3.8, 4) is 0 Å². The van der Waals surface area contributed by atoms with Gasteiger partial charge in [-0.1, -0.05) is 6.08 Å². The fraction of sp³-hybridized carbons (Fsp3) is 0.545. The Morgan fingerprint density at radius 2 is 1.82 bits per heavy atom. The first-order valence-corrected chi connectivity index (χ1v) is 5.01. The number of halogens is 3. The average Bonchev–Trinajstić information content (AvgIpc) is 2.14. The molecule has 0 aromatic heterocycles. The number of ether oxygens (including phenoxy) is 1. The van der Waals surface area contributed by atoms with Crippen molar-refractivity contribution in [1.29, 1.82) is 0 Å². The van der Waals surface area contributed by atoms with E-state index in [4.69, 9.17) is 4.74 Å². The van der Waals surface area contributed by atoms with Crippen molar-refractivity contribution in [3.63, 3.8) is 0 Å². The van der Waals surface area contributed by atoms with Crippen molar-refractivity contribution in [3.05, 3.63) is 24.4 Å². The van der Waals surface area contributed by atoms with E-state index in [1.807, 2.05) is 5.32 Å². The first kappa shape index (κ1) is 13.6. The van der Waals surface area contributed by atoms with Crippen molar-refractivity contribution in [2.45, 2.75) is 38.1 Å². The van der Waals surface area contributed by atoms with Gasteiger partial charge in [-0.25, -0.2) is 4.79 Å². The second-order valence-electron chi connectivity index (χ2n) is 4.67. The minimum atomic E-state index is -4.77. The molecule has 0 bridgehead atoms. The summed E-state index contributed by atoms with van der Waals surface area (Å²) in [6.07, 6.45) is -0.419. The Morgan fingerprint density at radius 1 is 1.24 bits per heavy atom. The summed E-state index contributed by atoms with van der Waals surface area (Å²) in [6.45, 7) is 4.53. The predicted octanol–water partition coefficient (Wildman–Crippen LogP) is 2.30. The number of allylic oxidation sites excluding steroid dienone is 2. The third-order valence-corrected chi connectivity index (χ3v) is 2.03. The first-order chi connectivity index (χ1) is 7.58. The highest BCUT2D eigenvalue weighted by atomic mass is 19.4. The monoisotopic (exact) mass is 249 g/mol. The van der Waals surface area contributed by atoms with Crippen LogP contribution in [-0.2, 0) is 9.53 Å². The zero-order valence-electron chi connectivity index (χ0n) is 9.76. The third-order valence-electron chi connectivity index (χ3n) is 2.03. The van der Waals surface area contributed by atoms with Crippen LogP contribution in [-0.4, -0.2) is 23.3 Å². The smallest absolute Gasteiger partial charge is 0.426 e. The zero-order chi connectivity index (χ0) is 13.3. The number of dihydropyridines is 1. The largest absolute Gasteiger partial charge is 0.458 e. The van der Waals surface area contributed by atoms with E-state index in [0.717, 1.165) is 18.4 Å². The standard InChI is InChI=1S/C11H14F3NO2/c1-9(2,3)17-8(16)10(11(12,13)14)6-4-5-7-15-10/h4-7,15H,1-3H3. The number of esters is 1. The van der Waals surface area contributed by atoms with Gasteiger partial charge in [0.25, 0.3) is 5.54 Å². The molecule has 0 fully saturated rings. The van der Waals surface area contributed by atoms with Crippen molar-refractivity contribution >= 4 is 5.97 Å². The maximum absolute atomic E-state index is 13.0. The maximum atomic E-state index is 13.0. The highest BCUT2D eigenvalue weighted by Crippen LogP contribution is 2.35. The molecular formula is C11H14F3NO2. The summed E-state index contributed by atoms with van der Waals surface area (Å²) >= 11 is 0. The van der Waals surface area contributed by atoms with E-state index >= 15 is 0 Å². The van der Waals surface area contributed by atoms with E-state index in [-0.39, 0.29) is 0 Å². The summed E-state index contributed by atoms with van der Waals surface area (Å²) in [5.74, 6) is -1.36. The third kappa shape index (κ3) is 2.81. The highest BCUT2D eigenvalue weighted by Gasteiger charge is 2.60. The molecule has 1 unspecified atom stereocenters. The molecule has 0 saturated heterocycles. The second kappa shape index (κ2) is 4.09. The molecule has 0 aromatic carbocycles. The molecule has 0 saturated carbocycles. The molecular weight excluding hydrogens is 235 g/mol. The Bertz CT molecular complexity index is 366. The number of alkyl halides is 3. The van der Waals surface area contributed by atoms with Crippen LogP contribution in [0.5, 0.6) is 0 Å². The SMILES string of the molecule is CC(C)(C)OC(=O)C1(C(F)(F)F)C=CC=CN1. The lowest BCUT2D eigenvalue weighted by Crippen LogP contribution is -2.61. The molecule has 1 heterocycles. The lowest BCUT2D eigenvalue weighted by atomic mass is 9.96. The Morgan fingerprint density at radius 3 is 2.18 bits per heavy atom. The zero-order valence-corrected chi connectivity index (χ0v) is 9.76. The highest BCUT2D eigenvalue weighted by molar-refractivity contribution is 5.85. The molecule has 0 aromatic rings. The molecule has 1 N–H and O–H groups in total. The minimum Gasteiger partial charge on any atom is -0.458 e. The summed E-state index contributed by atoms with van der Waals surface area (Å²) < 4.78 is 43.7. The van der Waals surface area contributed by atoms with Crippen molar-refractivity contribution in [1.82, 2.24) is 5.32 Å².